The summed E-state index contributed by atoms with van der Waals surface area (Å²) >= 11 is 0. The van der Waals surface area contributed by atoms with Crippen LogP contribution in [-0.2, 0) is 9.47 Å². The van der Waals surface area contributed by atoms with Gasteiger partial charge in [0.15, 0.2) is 0 Å². The molecule has 7 nitrogen and oxygen atoms in total. The van der Waals surface area contributed by atoms with Crippen LogP contribution in [0.5, 0.6) is 0 Å². The average molecular weight is 398 g/mol. The third kappa shape index (κ3) is 5.30. The van der Waals surface area contributed by atoms with Gasteiger partial charge in [-0.15, -0.1) is 0 Å². The van der Waals surface area contributed by atoms with E-state index in [1.54, 1.807) is 12.2 Å². The van der Waals surface area contributed by atoms with Gasteiger partial charge in [-0.3, -0.25) is 9.78 Å². The predicted molar refractivity (Wildman–Crippen MR) is 108 cm³/mol. The number of hydrogen-bond acceptors (Lipinski definition) is 6. The van der Waals surface area contributed by atoms with Gasteiger partial charge in [-0.05, 0) is 25.0 Å². The maximum Gasteiger partial charge on any atom is 0.294 e. The normalized spacial score (nSPS) is 19.3. The minimum atomic E-state index is -0.867. The topological polar surface area (TPSA) is 81.9 Å². The van der Waals surface area contributed by atoms with Crippen molar-refractivity contribution in [2.24, 2.45) is 4.99 Å². The van der Waals surface area contributed by atoms with E-state index in [9.17, 15) is 9.18 Å². The van der Waals surface area contributed by atoms with Crippen LogP contribution in [0.15, 0.2) is 58.7 Å². The molecule has 0 N–H and O–H groups in total. The predicted octanol–water partition coefficient (Wildman–Crippen LogP) is 3.30. The van der Waals surface area contributed by atoms with Gasteiger partial charge >= 0.3 is 0 Å². The SMILES string of the molecule is C=C/C(=C\c1nn(-c2cncc(F)c2)ccc1=O)CC(CC)=NC1(OCC)CO1. The van der Waals surface area contributed by atoms with Crippen LogP contribution in [0.2, 0.25) is 0 Å². The van der Waals surface area contributed by atoms with Crippen LogP contribution in [-0.4, -0.2) is 39.6 Å². The lowest BCUT2D eigenvalue weighted by Crippen LogP contribution is -2.16. The van der Waals surface area contributed by atoms with Gasteiger partial charge in [0.05, 0.1) is 18.1 Å². The molecule has 0 aromatic carbocycles. The Morgan fingerprint density at radius 3 is 2.90 bits per heavy atom. The molecule has 0 bridgehead atoms. The number of halogens is 1. The van der Waals surface area contributed by atoms with Gasteiger partial charge in [-0.2, -0.15) is 5.10 Å². The second-order valence-electron chi connectivity index (χ2n) is 6.44. The van der Waals surface area contributed by atoms with Crippen molar-refractivity contribution in [1.82, 2.24) is 14.8 Å². The second-order valence-corrected chi connectivity index (χ2v) is 6.44. The monoisotopic (exact) mass is 398 g/mol. The maximum absolute atomic E-state index is 13.5. The molecule has 1 saturated heterocycles. The number of aromatic nitrogens is 3. The minimum absolute atomic E-state index is 0.212. The number of nitrogens with zero attached hydrogens (tertiary/aromatic N) is 4. The van der Waals surface area contributed by atoms with Crippen LogP contribution in [0.25, 0.3) is 11.8 Å². The zero-order valence-corrected chi connectivity index (χ0v) is 16.5. The quantitative estimate of drug-likeness (QED) is 0.368. The molecule has 1 aliphatic rings. The van der Waals surface area contributed by atoms with Crippen LogP contribution in [0, 0.1) is 5.82 Å². The van der Waals surface area contributed by atoms with Gasteiger partial charge in [-0.25, -0.2) is 14.1 Å². The molecule has 1 aliphatic heterocycles. The zero-order valence-electron chi connectivity index (χ0n) is 16.5. The van der Waals surface area contributed by atoms with Crippen molar-refractivity contribution < 1.29 is 13.9 Å². The van der Waals surface area contributed by atoms with Crippen LogP contribution in [0.4, 0.5) is 4.39 Å². The van der Waals surface area contributed by atoms with E-state index in [-0.39, 0.29) is 11.1 Å². The summed E-state index contributed by atoms with van der Waals surface area (Å²) in [5, 5.41) is 4.30. The summed E-state index contributed by atoms with van der Waals surface area (Å²) in [4.78, 5) is 20.7. The highest BCUT2D eigenvalue weighted by Gasteiger charge is 2.46. The molecule has 2 aromatic rings. The lowest BCUT2D eigenvalue weighted by Gasteiger charge is -2.11. The minimum Gasteiger partial charge on any atom is -0.330 e. The average Bonchev–Trinajstić information content (AvgIpc) is 3.47. The molecule has 0 saturated carbocycles. The van der Waals surface area contributed by atoms with Crippen molar-refractivity contribution in [2.45, 2.75) is 32.6 Å². The highest BCUT2D eigenvalue weighted by Crippen LogP contribution is 2.31. The van der Waals surface area contributed by atoms with Crippen molar-refractivity contribution in [2.75, 3.05) is 13.2 Å². The molecule has 0 aliphatic carbocycles. The Labute approximate surface area is 168 Å². The first-order chi connectivity index (χ1) is 14.0. The van der Waals surface area contributed by atoms with E-state index < -0.39 is 11.7 Å². The molecule has 0 radical (unpaired) electrons. The standard InChI is InChI=1S/C21H23FN4O3/c1-4-15(9-17(5-2)24-21(14-29-21)28-6-3)10-19-20(27)7-8-26(25-19)18-11-16(22)12-23-13-18/h4,7-8,10-13H,1,5-6,9,14H2,2-3H3/b15-10+,24-17?. The number of allylic oxidation sites excluding steroid dienone is 2. The highest BCUT2D eigenvalue weighted by atomic mass is 19.1. The van der Waals surface area contributed by atoms with Crippen molar-refractivity contribution in [3.05, 3.63) is 70.7 Å². The Morgan fingerprint density at radius 2 is 2.28 bits per heavy atom. The lowest BCUT2D eigenvalue weighted by molar-refractivity contribution is -0.0302. The zero-order chi connectivity index (χ0) is 20.9. The van der Waals surface area contributed by atoms with Gasteiger partial charge in [-0.1, -0.05) is 19.6 Å². The van der Waals surface area contributed by atoms with Crippen LogP contribution in [0.3, 0.4) is 0 Å². The van der Waals surface area contributed by atoms with Crippen molar-refractivity contribution >= 4 is 11.8 Å². The third-order valence-electron chi connectivity index (χ3n) is 4.28. The Bertz CT molecular complexity index is 1010. The summed E-state index contributed by atoms with van der Waals surface area (Å²) in [6, 6.07) is 2.67. The maximum atomic E-state index is 13.5. The molecule has 0 amide bonds. The smallest absolute Gasteiger partial charge is 0.294 e. The third-order valence-corrected chi connectivity index (χ3v) is 4.28. The first kappa shape index (κ1) is 20.8. The number of rotatable bonds is 9. The number of ether oxygens (including phenoxy) is 2. The van der Waals surface area contributed by atoms with Crippen LogP contribution in [0.1, 0.15) is 32.4 Å². The Morgan fingerprint density at radius 1 is 1.48 bits per heavy atom. The van der Waals surface area contributed by atoms with Gasteiger partial charge in [0, 0.05) is 37.1 Å². The highest BCUT2D eigenvalue weighted by molar-refractivity contribution is 5.88. The molecular formula is C21H23FN4O3. The molecule has 1 fully saturated rings. The molecule has 1 unspecified atom stereocenters. The summed E-state index contributed by atoms with van der Waals surface area (Å²) in [5.41, 5.74) is 2.02. The molecule has 8 heteroatoms. The summed E-state index contributed by atoms with van der Waals surface area (Å²) in [6.07, 6.45) is 8.54. The second kappa shape index (κ2) is 9.02. The first-order valence-corrected chi connectivity index (χ1v) is 9.38. The summed E-state index contributed by atoms with van der Waals surface area (Å²) < 4.78 is 25.7. The fourth-order valence-electron chi connectivity index (χ4n) is 2.74. The van der Waals surface area contributed by atoms with Gasteiger partial charge < -0.3 is 9.47 Å². The van der Waals surface area contributed by atoms with E-state index in [0.29, 0.717) is 31.7 Å². The van der Waals surface area contributed by atoms with E-state index >= 15 is 0 Å². The summed E-state index contributed by atoms with van der Waals surface area (Å²) in [5.74, 6) is -1.35. The molecule has 29 heavy (non-hydrogen) atoms. The molecule has 0 spiro atoms. The Kier molecular flexibility index (Phi) is 6.46. The Hall–Kier alpha value is -2.97. The molecular weight excluding hydrogens is 375 g/mol. The number of aliphatic imine (C=N–C) groups is 1. The fraction of sp³-hybridized carbons (Fsp3) is 0.333. The molecule has 152 valence electrons. The lowest BCUT2D eigenvalue weighted by atomic mass is 10.1. The number of hydrogen-bond donors (Lipinski definition) is 0. The van der Waals surface area contributed by atoms with Gasteiger partial charge in [0.25, 0.3) is 5.91 Å². The molecule has 3 rings (SSSR count). The number of epoxide rings is 1. The number of pyridine rings is 1. The van der Waals surface area contributed by atoms with Crippen molar-refractivity contribution in [3.8, 4) is 5.69 Å². The van der Waals surface area contributed by atoms with Gasteiger partial charge in [0.2, 0.25) is 5.43 Å². The van der Waals surface area contributed by atoms with Crippen molar-refractivity contribution in [3.63, 3.8) is 0 Å². The molecule has 3 heterocycles. The van der Waals surface area contributed by atoms with Crippen molar-refractivity contribution in [1.29, 1.82) is 0 Å². The van der Waals surface area contributed by atoms with E-state index in [2.05, 4.69) is 21.7 Å². The molecule has 2 aromatic heterocycles. The fourth-order valence-corrected chi connectivity index (χ4v) is 2.74. The molecule has 1 atom stereocenters. The first-order valence-electron chi connectivity index (χ1n) is 9.38. The summed E-state index contributed by atoms with van der Waals surface area (Å²) in [7, 11) is 0. The largest absolute Gasteiger partial charge is 0.330 e. The van der Waals surface area contributed by atoms with Crippen LogP contribution >= 0.6 is 0 Å². The Balaban J connectivity index is 1.88. The van der Waals surface area contributed by atoms with E-state index in [0.717, 1.165) is 17.5 Å². The van der Waals surface area contributed by atoms with Gasteiger partial charge in [0.1, 0.15) is 18.1 Å². The van der Waals surface area contributed by atoms with E-state index in [1.807, 2.05) is 13.8 Å². The summed E-state index contributed by atoms with van der Waals surface area (Å²) in [6.45, 7) is 8.66. The van der Waals surface area contributed by atoms with E-state index in [4.69, 9.17) is 9.47 Å². The van der Waals surface area contributed by atoms with Crippen LogP contribution < -0.4 is 5.43 Å². The van der Waals surface area contributed by atoms with E-state index in [1.165, 1.54) is 29.2 Å².